The molecule has 0 radical (unpaired) electrons. The normalized spacial score (nSPS) is 26.7. The summed E-state index contributed by atoms with van der Waals surface area (Å²) in [6.45, 7) is 8.72. The first-order valence-electron chi connectivity index (χ1n) is 9.26. The zero-order valence-corrected chi connectivity index (χ0v) is 15.7. The van der Waals surface area contributed by atoms with Gasteiger partial charge in [0.2, 0.25) is 5.91 Å². The lowest BCUT2D eigenvalue weighted by Gasteiger charge is -2.52. The monoisotopic (exact) mass is 363 g/mol. The van der Waals surface area contributed by atoms with Crippen LogP contribution in [0.15, 0.2) is 29.2 Å². The summed E-state index contributed by atoms with van der Waals surface area (Å²) in [5.74, 6) is -0.0835. The molecule has 0 bridgehead atoms. The van der Waals surface area contributed by atoms with E-state index in [0.717, 1.165) is 13.1 Å². The second-order valence-corrected chi connectivity index (χ2v) is 8.04. The van der Waals surface area contributed by atoms with Crippen molar-refractivity contribution in [2.24, 2.45) is 5.41 Å². The van der Waals surface area contributed by atoms with E-state index in [4.69, 9.17) is 4.74 Å². The van der Waals surface area contributed by atoms with Crippen molar-refractivity contribution in [2.75, 3.05) is 45.9 Å². The number of carbonyl (C=O) groups excluding carboxylic acids is 1. The second-order valence-electron chi connectivity index (χ2n) is 8.04. The molecule has 1 N–H and O–H groups in total. The molecule has 0 aliphatic carbocycles. The van der Waals surface area contributed by atoms with Crippen molar-refractivity contribution in [3.8, 4) is 0 Å². The molecule has 0 spiro atoms. The standard InChI is InChI=1S/C19H29N3O4/c1-18(2)14-22(17(24)13-21-7-4-3-5-16(21)23)8-6-19(18,25)15-20-9-11-26-12-10-20/h3-5,7,25H,6,8-15H2,1-2H3. The van der Waals surface area contributed by atoms with Crippen LogP contribution in [-0.4, -0.2) is 76.9 Å². The lowest BCUT2D eigenvalue weighted by Crippen LogP contribution is -2.63. The van der Waals surface area contributed by atoms with E-state index >= 15 is 0 Å². The highest BCUT2D eigenvalue weighted by Gasteiger charge is 2.49. The number of carbonyl (C=O) groups is 1. The van der Waals surface area contributed by atoms with Crippen LogP contribution >= 0.6 is 0 Å². The van der Waals surface area contributed by atoms with Gasteiger partial charge in [0.25, 0.3) is 5.56 Å². The summed E-state index contributed by atoms with van der Waals surface area (Å²) in [5.41, 5.74) is -1.45. The number of amides is 1. The third-order valence-electron chi connectivity index (χ3n) is 5.79. The van der Waals surface area contributed by atoms with E-state index in [1.807, 2.05) is 13.8 Å². The Morgan fingerprint density at radius 3 is 2.62 bits per heavy atom. The first-order valence-corrected chi connectivity index (χ1v) is 9.26. The molecule has 144 valence electrons. The van der Waals surface area contributed by atoms with Crippen molar-refractivity contribution in [1.29, 1.82) is 0 Å². The third-order valence-corrected chi connectivity index (χ3v) is 5.79. The van der Waals surface area contributed by atoms with Crippen LogP contribution in [0.4, 0.5) is 0 Å². The van der Waals surface area contributed by atoms with Gasteiger partial charge in [0, 0.05) is 50.4 Å². The van der Waals surface area contributed by atoms with E-state index < -0.39 is 11.0 Å². The van der Waals surface area contributed by atoms with E-state index in [2.05, 4.69) is 4.90 Å². The highest BCUT2D eigenvalue weighted by Crippen LogP contribution is 2.39. The summed E-state index contributed by atoms with van der Waals surface area (Å²) in [7, 11) is 0. The van der Waals surface area contributed by atoms with Gasteiger partial charge < -0.3 is 19.3 Å². The van der Waals surface area contributed by atoms with E-state index in [1.54, 1.807) is 23.2 Å². The van der Waals surface area contributed by atoms with Gasteiger partial charge in [0.15, 0.2) is 0 Å². The van der Waals surface area contributed by atoms with Crippen LogP contribution in [0.5, 0.6) is 0 Å². The molecule has 2 aliphatic heterocycles. The van der Waals surface area contributed by atoms with E-state index in [9.17, 15) is 14.7 Å². The van der Waals surface area contributed by atoms with Crippen LogP contribution < -0.4 is 5.56 Å². The number of pyridine rings is 1. The zero-order chi connectivity index (χ0) is 18.8. The number of likely N-dealkylation sites (tertiary alicyclic amines) is 1. The number of rotatable bonds is 4. The molecule has 1 unspecified atom stereocenters. The summed E-state index contributed by atoms with van der Waals surface area (Å²) in [6.07, 6.45) is 2.16. The topological polar surface area (TPSA) is 75.0 Å². The smallest absolute Gasteiger partial charge is 0.250 e. The Hall–Kier alpha value is -1.70. The number of hydrogen-bond donors (Lipinski definition) is 1. The first-order chi connectivity index (χ1) is 12.3. The van der Waals surface area contributed by atoms with E-state index in [1.165, 1.54) is 10.6 Å². The van der Waals surface area contributed by atoms with Gasteiger partial charge in [0.1, 0.15) is 6.54 Å². The number of nitrogens with zero attached hydrogens (tertiary/aromatic N) is 3. The van der Waals surface area contributed by atoms with Gasteiger partial charge in [-0.1, -0.05) is 19.9 Å². The fourth-order valence-electron chi connectivity index (χ4n) is 3.83. The highest BCUT2D eigenvalue weighted by atomic mass is 16.5. The van der Waals surface area contributed by atoms with Crippen LogP contribution in [0.3, 0.4) is 0 Å². The molecular weight excluding hydrogens is 334 g/mol. The molecule has 7 heteroatoms. The lowest BCUT2D eigenvalue weighted by atomic mass is 9.69. The van der Waals surface area contributed by atoms with Gasteiger partial charge in [-0.15, -0.1) is 0 Å². The summed E-state index contributed by atoms with van der Waals surface area (Å²) in [6, 6.07) is 4.86. The maximum absolute atomic E-state index is 12.7. The van der Waals surface area contributed by atoms with Crippen molar-refractivity contribution < 1.29 is 14.6 Å². The molecule has 26 heavy (non-hydrogen) atoms. The molecule has 1 aromatic rings. The number of aliphatic hydroxyl groups is 1. The number of β-amino-alcohol motifs (C(OH)–C–C–N with tert-alkyl or cyclic N) is 1. The van der Waals surface area contributed by atoms with Crippen molar-refractivity contribution in [3.05, 3.63) is 34.7 Å². The Labute approximate surface area is 154 Å². The molecule has 0 saturated carbocycles. The number of morpholine rings is 1. The molecule has 3 heterocycles. The molecular formula is C19H29N3O4. The average molecular weight is 363 g/mol. The predicted octanol–water partition coefficient (Wildman–Crippen LogP) is 0.170. The third kappa shape index (κ3) is 4.00. The molecule has 7 nitrogen and oxygen atoms in total. The molecule has 2 saturated heterocycles. The highest BCUT2D eigenvalue weighted by molar-refractivity contribution is 5.76. The Morgan fingerprint density at radius 2 is 1.96 bits per heavy atom. The van der Waals surface area contributed by atoms with Crippen LogP contribution in [0.25, 0.3) is 0 Å². The minimum atomic E-state index is -0.843. The van der Waals surface area contributed by atoms with Gasteiger partial charge in [-0.05, 0) is 12.5 Å². The minimum Gasteiger partial charge on any atom is -0.388 e. The van der Waals surface area contributed by atoms with Crippen molar-refractivity contribution in [1.82, 2.24) is 14.4 Å². The first kappa shape index (κ1) is 19.1. The molecule has 3 rings (SSSR count). The summed E-state index contributed by atoms with van der Waals surface area (Å²) >= 11 is 0. The largest absolute Gasteiger partial charge is 0.388 e. The maximum Gasteiger partial charge on any atom is 0.250 e. The zero-order valence-electron chi connectivity index (χ0n) is 15.7. The molecule has 0 aromatic carbocycles. The maximum atomic E-state index is 12.7. The van der Waals surface area contributed by atoms with Crippen LogP contribution in [0.2, 0.25) is 0 Å². The Kier molecular flexibility index (Phi) is 5.50. The molecule has 1 atom stereocenters. The quantitative estimate of drug-likeness (QED) is 0.825. The van der Waals surface area contributed by atoms with E-state index in [-0.39, 0.29) is 18.0 Å². The van der Waals surface area contributed by atoms with Gasteiger partial charge in [-0.25, -0.2) is 0 Å². The summed E-state index contributed by atoms with van der Waals surface area (Å²) in [5, 5.41) is 11.3. The van der Waals surface area contributed by atoms with Gasteiger partial charge in [0.05, 0.1) is 18.8 Å². The number of aromatic nitrogens is 1. The Morgan fingerprint density at radius 1 is 1.23 bits per heavy atom. The van der Waals surface area contributed by atoms with Crippen LogP contribution in [-0.2, 0) is 16.1 Å². The number of hydrogen-bond acceptors (Lipinski definition) is 5. The number of ether oxygens (including phenoxy) is 1. The van der Waals surface area contributed by atoms with Gasteiger partial charge in [-0.2, -0.15) is 0 Å². The van der Waals surface area contributed by atoms with Crippen molar-refractivity contribution in [2.45, 2.75) is 32.4 Å². The fourth-order valence-corrected chi connectivity index (χ4v) is 3.83. The molecule has 1 aromatic heterocycles. The van der Waals surface area contributed by atoms with Crippen LogP contribution in [0, 0.1) is 5.41 Å². The average Bonchev–Trinajstić information content (AvgIpc) is 2.60. The number of piperidine rings is 1. The minimum absolute atomic E-state index is 0.0393. The summed E-state index contributed by atoms with van der Waals surface area (Å²) in [4.78, 5) is 28.5. The SMILES string of the molecule is CC1(C)CN(C(=O)Cn2ccccc2=O)CCC1(O)CN1CCOCC1. The van der Waals surface area contributed by atoms with E-state index in [0.29, 0.717) is 39.3 Å². The Bertz CT molecular complexity index is 696. The van der Waals surface area contributed by atoms with Crippen molar-refractivity contribution >= 4 is 5.91 Å². The van der Waals surface area contributed by atoms with Gasteiger partial charge in [-0.3, -0.25) is 14.5 Å². The van der Waals surface area contributed by atoms with Gasteiger partial charge >= 0.3 is 0 Å². The molecule has 2 fully saturated rings. The Balaban J connectivity index is 1.64. The predicted molar refractivity (Wildman–Crippen MR) is 97.9 cm³/mol. The van der Waals surface area contributed by atoms with Crippen LogP contribution in [0.1, 0.15) is 20.3 Å². The molecule has 1 amide bonds. The second kappa shape index (κ2) is 7.50. The summed E-state index contributed by atoms with van der Waals surface area (Å²) < 4.78 is 6.80. The molecule has 2 aliphatic rings. The lowest BCUT2D eigenvalue weighted by molar-refractivity contribution is -0.158. The van der Waals surface area contributed by atoms with Crippen molar-refractivity contribution in [3.63, 3.8) is 0 Å². The fraction of sp³-hybridized carbons (Fsp3) is 0.684.